The van der Waals surface area contributed by atoms with E-state index in [4.69, 9.17) is 0 Å². The van der Waals surface area contributed by atoms with Gasteiger partial charge in [0.25, 0.3) is 0 Å². The zero-order chi connectivity index (χ0) is 14.3. The Morgan fingerprint density at radius 1 is 1.42 bits per heavy atom. The van der Waals surface area contributed by atoms with E-state index in [2.05, 4.69) is 10.3 Å². The molecule has 0 aliphatic heterocycles. The van der Waals surface area contributed by atoms with Crippen LogP contribution in [0, 0.1) is 6.92 Å². The second-order valence-corrected chi connectivity index (χ2v) is 5.98. The van der Waals surface area contributed by atoms with Crippen molar-refractivity contribution in [2.45, 2.75) is 65.0 Å². The van der Waals surface area contributed by atoms with Gasteiger partial charge in [-0.2, -0.15) is 0 Å². The summed E-state index contributed by atoms with van der Waals surface area (Å²) in [5.41, 5.74) is 1.89. The summed E-state index contributed by atoms with van der Waals surface area (Å²) in [4.78, 5) is 17.1. The fourth-order valence-corrected chi connectivity index (χ4v) is 2.99. The molecule has 0 radical (unpaired) electrons. The second kappa shape index (κ2) is 7.60. The number of carbonyl (C=O) groups is 1. The van der Waals surface area contributed by atoms with E-state index in [1.807, 2.05) is 20.8 Å². The van der Waals surface area contributed by atoms with Crippen molar-refractivity contribution >= 4 is 17.2 Å². The highest BCUT2D eigenvalue weighted by atomic mass is 32.1. The molecule has 1 aromatic heterocycles. The lowest BCUT2D eigenvalue weighted by Gasteiger charge is -2.26. The van der Waals surface area contributed by atoms with E-state index in [-0.39, 0.29) is 12.3 Å². The standard InChI is InChI=1S/C14H24N2O2S/c1-4-6-14(18,7-5-2)8-13(17)15-9-12-11(3)16-10-19-12/h10,18H,4-9H2,1-3H3,(H,15,17). The fourth-order valence-electron chi connectivity index (χ4n) is 2.27. The number of nitrogens with zero attached hydrogens (tertiary/aromatic N) is 1. The van der Waals surface area contributed by atoms with Gasteiger partial charge < -0.3 is 10.4 Å². The van der Waals surface area contributed by atoms with Crippen molar-refractivity contribution in [2.24, 2.45) is 0 Å². The number of hydrogen-bond donors (Lipinski definition) is 2. The monoisotopic (exact) mass is 284 g/mol. The number of thiazole rings is 1. The number of aromatic nitrogens is 1. The number of hydrogen-bond acceptors (Lipinski definition) is 4. The van der Waals surface area contributed by atoms with Crippen molar-refractivity contribution in [3.8, 4) is 0 Å². The Bertz CT molecular complexity index is 398. The van der Waals surface area contributed by atoms with Crippen LogP contribution in [-0.2, 0) is 11.3 Å². The van der Waals surface area contributed by atoms with Gasteiger partial charge in [-0.3, -0.25) is 4.79 Å². The normalized spacial score (nSPS) is 11.6. The lowest BCUT2D eigenvalue weighted by molar-refractivity contribution is -0.126. The number of carbonyl (C=O) groups excluding carboxylic acids is 1. The van der Waals surface area contributed by atoms with E-state index in [1.165, 1.54) is 0 Å². The van der Waals surface area contributed by atoms with Crippen molar-refractivity contribution in [1.29, 1.82) is 0 Å². The maximum Gasteiger partial charge on any atom is 0.223 e. The van der Waals surface area contributed by atoms with Crippen LogP contribution >= 0.6 is 11.3 Å². The van der Waals surface area contributed by atoms with E-state index in [9.17, 15) is 9.90 Å². The summed E-state index contributed by atoms with van der Waals surface area (Å²) in [7, 11) is 0. The summed E-state index contributed by atoms with van der Waals surface area (Å²) in [6, 6.07) is 0. The average molecular weight is 284 g/mol. The van der Waals surface area contributed by atoms with Crippen LogP contribution < -0.4 is 5.32 Å². The van der Waals surface area contributed by atoms with E-state index < -0.39 is 5.60 Å². The smallest absolute Gasteiger partial charge is 0.223 e. The van der Waals surface area contributed by atoms with Gasteiger partial charge in [0.1, 0.15) is 0 Å². The summed E-state index contributed by atoms with van der Waals surface area (Å²) < 4.78 is 0. The molecule has 0 aliphatic carbocycles. The molecule has 1 rings (SSSR count). The van der Waals surface area contributed by atoms with Crippen LogP contribution in [0.2, 0.25) is 0 Å². The molecular formula is C14H24N2O2S. The topological polar surface area (TPSA) is 62.2 Å². The Morgan fingerprint density at radius 2 is 2.05 bits per heavy atom. The highest BCUT2D eigenvalue weighted by molar-refractivity contribution is 7.09. The molecule has 0 aromatic carbocycles. The highest BCUT2D eigenvalue weighted by Crippen LogP contribution is 2.23. The van der Waals surface area contributed by atoms with Gasteiger partial charge in [0.15, 0.2) is 0 Å². The third kappa shape index (κ3) is 5.28. The average Bonchev–Trinajstić information content (AvgIpc) is 2.72. The van der Waals surface area contributed by atoms with Crippen molar-refractivity contribution in [1.82, 2.24) is 10.3 Å². The van der Waals surface area contributed by atoms with Gasteiger partial charge in [0.2, 0.25) is 5.91 Å². The van der Waals surface area contributed by atoms with Crippen molar-refractivity contribution in [3.05, 3.63) is 16.1 Å². The predicted octanol–water partition coefficient (Wildman–Crippen LogP) is 2.79. The van der Waals surface area contributed by atoms with Gasteiger partial charge in [-0.05, 0) is 19.8 Å². The van der Waals surface area contributed by atoms with Crippen LogP contribution in [0.25, 0.3) is 0 Å². The summed E-state index contributed by atoms with van der Waals surface area (Å²) in [5.74, 6) is -0.0859. The van der Waals surface area contributed by atoms with Crippen LogP contribution in [0.3, 0.4) is 0 Å². The quantitative estimate of drug-likeness (QED) is 0.771. The van der Waals surface area contributed by atoms with Gasteiger partial charge in [-0.15, -0.1) is 11.3 Å². The molecule has 1 aromatic rings. The molecule has 1 heterocycles. The van der Waals surface area contributed by atoms with Crippen LogP contribution in [0.4, 0.5) is 0 Å². The molecule has 19 heavy (non-hydrogen) atoms. The molecule has 5 heteroatoms. The maximum absolute atomic E-state index is 11.9. The zero-order valence-corrected chi connectivity index (χ0v) is 12.8. The SMILES string of the molecule is CCCC(O)(CCC)CC(=O)NCc1scnc1C. The molecule has 108 valence electrons. The number of nitrogens with one attached hydrogen (secondary N) is 1. The van der Waals surface area contributed by atoms with Crippen LogP contribution in [-0.4, -0.2) is 21.6 Å². The van der Waals surface area contributed by atoms with Crippen molar-refractivity contribution < 1.29 is 9.90 Å². The minimum atomic E-state index is -0.851. The summed E-state index contributed by atoms with van der Waals surface area (Å²) >= 11 is 1.54. The van der Waals surface area contributed by atoms with E-state index in [0.29, 0.717) is 19.4 Å². The third-order valence-electron chi connectivity index (χ3n) is 3.21. The Morgan fingerprint density at radius 3 is 2.53 bits per heavy atom. The summed E-state index contributed by atoms with van der Waals surface area (Å²) in [6.45, 7) is 6.49. The van der Waals surface area contributed by atoms with Crippen LogP contribution in [0.15, 0.2) is 5.51 Å². The molecule has 4 nitrogen and oxygen atoms in total. The first-order chi connectivity index (χ1) is 9.00. The van der Waals surface area contributed by atoms with Gasteiger partial charge in [0.05, 0.1) is 29.8 Å². The Kier molecular flexibility index (Phi) is 6.45. The summed E-state index contributed by atoms with van der Waals surface area (Å²) in [6.07, 6.45) is 3.31. The minimum Gasteiger partial charge on any atom is -0.389 e. The summed E-state index contributed by atoms with van der Waals surface area (Å²) in [5, 5.41) is 13.3. The fraction of sp³-hybridized carbons (Fsp3) is 0.714. The number of amides is 1. The molecule has 0 bridgehead atoms. The zero-order valence-electron chi connectivity index (χ0n) is 12.0. The first kappa shape index (κ1) is 16.1. The lowest BCUT2D eigenvalue weighted by Crippen LogP contribution is -2.36. The Balaban J connectivity index is 2.46. The molecule has 1 amide bonds. The number of aliphatic hydroxyl groups is 1. The molecule has 0 aliphatic rings. The van der Waals surface area contributed by atoms with Gasteiger partial charge >= 0.3 is 0 Å². The Hall–Kier alpha value is -0.940. The molecule has 2 N–H and O–H groups in total. The molecule has 0 spiro atoms. The van der Waals surface area contributed by atoms with E-state index in [0.717, 1.165) is 23.4 Å². The van der Waals surface area contributed by atoms with Gasteiger partial charge in [-0.1, -0.05) is 26.7 Å². The van der Waals surface area contributed by atoms with Crippen molar-refractivity contribution in [3.63, 3.8) is 0 Å². The van der Waals surface area contributed by atoms with Crippen molar-refractivity contribution in [2.75, 3.05) is 0 Å². The molecule has 0 saturated heterocycles. The Labute approximate surface area is 119 Å². The third-order valence-corrected chi connectivity index (χ3v) is 4.15. The molecule has 0 fully saturated rings. The van der Waals surface area contributed by atoms with E-state index in [1.54, 1.807) is 16.8 Å². The first-order valence-corrected chi connectivity index (χ1v) is 7.76. The molecular weight excluding hydrogens is 260 g/mol. The highest BCUT2D eigenvalue weighted by Gasteiger charge is 2.28. The van der Waals surface area contributed by atoms with Crippen LogP contribution in [0.5, 0.6) is 0 Å². The number of rotatable bonds is 8. The molecule has 0 atom stereocenters. The van der Waals surface area contributed by atoms with Gasteiger partial charge in [0, 0.05) is 4.88 Å². The first-order valence-electron chi connectivity index (χ1n) is 6.88. The second-order valence-electron chi connectivity index (χ2n) is 5.04. The van der Waals surface area contributed by atoms with E-state index >= 15 is 0 Å². The number of aryl methyl sites for hydroxylation is 1. The van der Waals surface area contributed by atoms with Crippen LogP contribution in [0.1, 0.15) is 56.5 Å². The van der Waals surface area contributed by atoms with Gasteiger partial charge in [-0.25, -0.2) is 4.98 Å². The maximum atomic E-state index is 11.9. The molecule has 0 unspecified atom stereocenters. The predicted molar refractivity (Wildman–Crippen MR) is 78.1 cm³/mol. The molecule has 0 saturated carbocycles. The lowest BCUT2D eigenvalue weighted by atomic mass is 9.89. The largest absolute Gasteiger partial charge is 0.389 e. The minimum absolute atomic E-state index is 0.0859.